The number of carboxylic acids is 1. The van der Waals surface area contributed by atoms with Crippen LogP contribution < -0.4 is 4.74 Å². The Bertz CT molecular complexity index is 673. The lowest BCUT2D eigenvalue weighted by Gasteiger charge is -2.34. The number of rotatable bonds is 7. The van der Waals surface area contributed by atoms with E-state index in [0.717, 1.165) is 11.3 Å². The number of likely N-dealkylation sites (N-methyl/N-ethyl adjacent to an activating group) is 1. The maximum Gasteiger partial charge on any atom is 0.324 e. The first-order valence-corrected chi connectivity index (χ1v) is 9.53. The number of hydrogen-bond acceptors (Lipinski definition) is 4. The number of benzene rings is 1. The van der Waals surface area contributed by atoms with E-state index in [1.54, 1.807) is 19.1 Å². The van der Waals surface area contributed by atoms with Crippen LogP contribution in [0.3, 0.4) is 0 Å². The normalized spacial score (nSPS) is 25.6. The molecule has 27 heavy (non-hydrogen) atoms. The van der Waals surface area contributed by atoms with Gasteiger partial charge in [-0.05, 0) is 43.5 Å². The molecule has 1 aromatic rings. The number of likely N-dealkylation sites (tertiary alicyclic amines) is 1. The fourth-order valence-corrected chi connectivity index (χ4v) is 4.34. The van der Waals surface area contributed by atoms with Crippen molar-refractivity contribution in [2.24, 2.45) is 11.8 Å². The monoisotopic (exact) mass is 376 g/mol. The summed E-state index contributed by atoms with van der Waals surface area (Å²) in [5.74, 6) is -0.170. The molecule has 2 rings (SSSR count). The first-order chi connectivity index (χ1) is 12.7. The van der Waals surface area contributed by atoms with Crippen molar-refractivity contribution in [3.05, 3.63) is 29.8 Å². The van der Waals surface area contributed by atoms with E-state index in [-0.39, 0.29) is 11.9 Å². The van der Waals surface area contributed by atoms with E-state index < -0.39 is 17.4 Å². The second kappa shape index (κ2) is 8.30. The zero-order valence-corrected chi connectivity index (χ0v) is 17.2. The second-order valence-electron chi connectivity index (χ2n) is 7.94. The summed E-state index contributed by atoms with van der Waals surface area (Å²) in [6.07, 6.45) is 0.760. The number of carboxylic acid groups (broad SMARTS) is 1. The third-order valence-electron chi connectivity index (χ3n) is 5.80. The number of amides is 1. The van der Waals surface area contributed by atoms with Gasteiger partial charge in [0.25, 0.3) is 0 Å². The van der Waals surface area contributed by atoms with Crippen LogP contribution in [-0.2, 0) is 9.59 Å². The molecule has 1 saturated heterocycles. The van der Waals surface area contributed by atoms with E-state index >= 15 is 0 Å². The Balaban J connectivity index is 2.45. The third kappa shape index (κ3) is 3.95. The van der Waals surface area contributed by atoms with Gasteiger partial charge in [0.05, 0.1) is 13.0 Å². The summed E-state index contributed by atoms with van der Waals surface area (Å²) in [5.41, 5.74) is -0.102. The van der Waals surface area contributed by atoms with Crippen LogP contribution in [0.15, 0.2) is 24.3 Å². The Kier molecular flexibility index (Phi) is 6.52. The molecule has 1 N–H and O–H groups in total. The number of methoxy groups -OCH3 is 1. The predicted molar refractivity (Wildman–Crippen MR) is 105 cm³/mol. The van der Waals surface area contributed by atoms with Crippen molar-refractivity contribution < 1.29 is 19.4 Å². The molecular formula is C21H32N2O4. The first-order valence-electron chi connectivity index (χ1n) is 9.53. The summed E-state index contributed by atoms with van der Waals surface area (Å²) in [7, 11) is 5.23. The van der Waals surface area contributed by atoms with E-state index in [1.165, 1.54) is 0 Å². The Morgan fingerprint density at radius 3 is 2.37 bits per heavy atom. The topological polar surface area (TPSA) is 70.1 Å². The summed E-state index contributed by atoms with van der Waals surface area (Å²) in [4.78, 5) is 29.0. The molecule has 1 aliphatic rings. The van der Waals surface area contributed by atoms with E-state index in [9.17, 15) is 14.7 Å². The Hall–Kier alpha value is -2.08. The lowest BCUT2D eigenvalue weighted by Crippen LogP contribution is -2.48. The fourth-order valence-electron chi connectivity index (χ4n) is 4.34. The Morgan fingerprint density at radius 1 is 1.33 bits per heavy atom. The summed E-state index contributed by atoms with van der Waals surface area (Å²) in [6, 6.07) is 7.28. The Labute approximate surface area is 162 Å². The molecule has 0 saturated carbocycles. The molecule has 3 atom stereocenters. The highest BCUT2D eigenvalue weighted by atomic mass is 16.5. The van der Waals surface area contributed by atoms with Crippen molar-refractivity contribution in [3.63, 3.8) is 0 Å². The number of carbonyl (C=O) groups excluding carboxylic acids is 1. The van der Waals surface area contributed by atoms with Crippen LogP contribution >= 0.6 is 0 Å². The molecule has 1 amide bonds. The van der Waals surface area contributed by atoms with Crippen LogP contribution in [0.2, 0.25) is 0 Å². The highest BCUT2D eigenvalue weighted by molar-refractivity contribution is 5.85. The van der Waals surface area contributed by atoms with Gasteiger partial charge in [0.15, 0.2) is 0 Å². The smallest absolute Gasteiger partial charge is 0.324 e. The number of ether oxygens (including phenoxy) is 1. The average Bonchev–Trinajstić information content (AvgIpc) is 2.94. The number of hydrogen-bond donors (Lipinski definition) is 1. The summed E-state index contributed by atoms with van der Waals surface area (Å²) in [5, 5.41) is 9.98. The van der Waals surface area contributed by atoms with Crippen molar-refractivity contribution in [3.8, 4) is 5.75 Å². The number of nitrogens with zero attached hydrogens (tertiary/aromatic N) is 2. The molecule has 0 aliphatic carbocycles. The zero-order valence-electron chi connectivity index (χ0n) is 17.2. The minimum atomic E-state index is -1.04. The first kappa shape index (κ1) is 21.2. The van der Waals surface area contributed by atoms with Gasteiger partial charge in [-0.1, -0.05) is 32.9 Å². The van der Waals surface area contributed by atoms with E-state index in [1.807, 2.05) is 43.1 Å². The molecule has 0 radical (unpaired) electrons. The molecule has 0 aromatic heterocycles. The van der Waals surface area contributed by atoms with Crippen molar-refractivity contribution in [1.82, 2.24) is 9.80 Å². The quantitative estimate of drug-likeness (QED) is 0.792. The molecule has 1 heterocycles. The van der Waals surface area contributed by atoms with E-state index in [4.69, 9.17) is 4.74 Å². The van der Waals surface area contributed by atoms with Gasteiger partial charge in [-0.25, -0.2) is 0 Å². The summed E-state index contributed by atoms with van der Waals surface area (Å²) >= 11 is 0. The molecule has 0 spiro atoms. The predicted octanol–water partition coefficient (Wildman–Crippen LogP) is 3.04. The van der Waals surface area contributed by atoms with E-state index in [2.05, 4.69) is 13.8 Å². The van der Waals surface area contributed by atoms with Gasteiger partial charge in [0, 0.05) is 19.6 Å². The van der Waals surface area contributed by atoms with Crippen LogP contribution in [0.4, 0.5) is 0 Å². The van der Waals surface area contributed by atoms with Gasteiger partial charge < -0.3 is 14.7 Å². The lowest BCUT2D eigenvalue weighted by atomic mass is 9.86. The second-order valence-corrected chi connectivity index (χ2v) is 7.94. The van der Waals surface area contributed by atoms with Crippen LogP contribution in [0.1, 0.15) is 45.2 Å². The van der Waals surface area contributed by atoms with Crippen molar-refractivity contribution in [1.29, 1.82) is 0 Å². The van der Waals surface area contributed by atoms with Crippen molar-refractivity contribution in [2.45, 2.75) is 45.2 Å². The largest absolute Gasteiger partial charge is 0.497 e. The third-order valence-corrected chi connectivity index (χ3v) is 5.80. The van der Waals surface area contributed by atoms with Gasteiger partial charge >= 0.3 is 5.97 Å². The molecule has 1 fully saturated rings. The Morgan fingerprint density at radius 2 is 1.93 bits per heavy atom. The van der Waals surface area contributed by atoms with Crippen LogP contribution in [0.25, 0.3) is 0 Å². The van der Waals surface area contributed by atoms with Crippen molar-refractivity contribution in [2.75, 3.05) is 27.7 Å². The highest BCUT2D eigenvalue weighted by Crippen LogP contribution is 2.48. The standard InChI is InChI=1S/C21H32N2O4/c1-7-21(20(25)26)12-17(19(24)22(4)13-14(2)3)18(23(21)5)15-8-10-16(27-6)11-9-15/h8-11,14,17-18H,7,12-13H2,1-6H3,(H,25,26)/t17-,18-,21-/m1/s1. The van der Waals surface area contributed by atoms with Gasteiger partial charge in [-0.2, -0.15) is 0 Å². The van der Waals surface area contributed by atoms with Crippen LogP contribution in [0.5, 0.6) is 5.75 Å². The van der Waals surface area contributed by atoms with Gasteiger partial charge in [0.1, 0.15) is 11.3 Å². The average molecular weight is 376 g/mol. The maximum atomic E-state index is 13.2. The molecule has 0 unspecified atom stereocenters. The zero-order chi connectivity index (χ0) is 20.4. The molecule has 0 bridgehead atoms. The highest BCUT2D eigenvalue weighted by Gasteiger charge is 2.56. The fraction of sp³-hybridized carbons (Fsp3) is 0.619. The molecule has 1 aliphatic heterocycles. The molecule has 150 valence electrons. The minimum Gasteiger partial charge on any atom is -0.497 e. The lowest BCUT2D eigenvalue weighted by molar-refractivity contribution is -0.150. The van der Waals surface area contributed by atoms with E-state index in [0.29, 0.717) is 25.3 Å². The summed E-state index contributed by atoms with van der Waals surface area (Å²) in [6.45, 7) is 6.67. The van der Waals surface area contributed by atoms with Crippen LogP contribution in [0, 0.1) is 11.8 Å². The number of aliphatic carboxylic acids is 1. The SMILES string of the molecule is CC[C@]1(C(=O)O)C[C@@H](C(=O)N(C)CC(C)C)[C@@H](c2ccc(OC)cc2)N1C. The molecular weight excluding hydrogens is 344 g/mol. The molecule has 1 aromatic carbocycles. The molecule has 6 nitrogen and oxygen atoms in total. The maximum absolute atomic E-state index is 13.2. The minimum absolute atomic E-state index is 0.00735. The van der Waals surface area contributed by atoms with Gasteiger partial charge in [-0.3, -0.25) is 14.5 Å². The van der Waals surface area contributed by atoms with Gasteiger partial charge in [-0.15, -0.1) is 0 Å². The van der Waals surface area contributed by atoms with Gasteiger partial charge in [0.2, 0.25) is 5.91 Å². The van der Waals surface area contributed by atoms with Crippen molar-refractivity contribution >= 4 is 11.9 Å². The summed E-state index contributed by atoms with van der Waals surface area (Å²) < 4.78 is 5.23. The molecule has 6 heteroatoms. The number of carbonyl (C=O) groups is 2. The van der Waals surface area contributed by atoms with Crippen LogP contribution in [-0.4, -0.2) is 60.1 Å².